The number of rotatable bonds is 60. The van der Waals surface area contributed by atoms with Crippen LogP contribution in [0.5, 0.6) is 0 Å². The summed E-state index contributed by atoms with van der Waals surface area (Å²) in [6.07, 6.45) is 77.9. The topological polar surface area (TPSA) is 111 Å². The van der Waals surface area contributed by atoms with Gasteiger partial charge in [0.15, 0.2) is 12.4 Å². The summed E-state index contributed by atoms with van der Waals surface area (Å²) in [4.78, 5) is 37.4. The molecular formula is C70H123NO8. The van der Waals surface area contributed by atoms with Gasteiger partial charge in [-0.15, -0.1) is 0 Å². The van der Waals surface area contributed by atoms with E-state index in [-0.39, 0.29) is 38.6 Å². The van der Waals surface area contributed by atoms with E-state index < -0.39 is 24.3 Å². The second-order valence-electron chi connectivity index (χ2n) is 23.0. The number of esters is 2. The van der Waals surface area contributed by atoms with Crippen LogP contribution in [-0.4, -0.2) is 82.3 Å². The van der Waals surface area contributed by atoms with Gasteiger partial charge < -0.3 is 33.3 Å². The van der Waals surface area contributed by atoms with E-state index >= 15 is 0 Å². The highest BCUT2D eigenvalue weighted by molar-refractivity contribution is 5.70. The van der Waals surface area contributed by atoms with E-state index in [0.29, 0.717) is 17.4 Å². The molecule has 0 saturated heterocycles. The molecule has 0 heterocycles. The number of unbranched alkanes of at least 4 members (excludes halogenated alkanes) is 31. The fourth-order valence-electron chi connectivity index (χ4n) is 9.12. The molecule has 0 aromatic carbocycles. The van der Waals surface area contributed by atoms with Crippen molar-refractivity contribution in [3.8, 4) is 0 Å². The van der Waals surface area contributed by atoms with Gasteiger partial charge in [0.05, 0.1) is 40.3 Å². The Hall–Kier alpha value is -3.53. The van der Waals surface area contributed by atoms with Gasteiger partial charge in [0.2, 0.25) is 0 Å². The van der Waals surface area contributed by atoms with Gasteiger partial charge in [-0.1, -0.05) is 266 Å². The summed E-state index contributed by atoms with van der Waals surface area (Å²) in [5.41, 5.74) is 0. The number of hydrogen-bond donors (Lipinski definition) is 0. The first-order valence-corrected chi connectivity index (χ1v) is 32.7. The smallest absolute Gasteiger partial charge is 0.306 e. The van der Waals surface area contributed by atoms with Crippen molar-refractivity contribution >= 4 is 17.9 Å². The van der Waals surface area contributed by atoms with Gasteiger partial charge in [0, 0.05) is 12.8 Å². The average molecular weight is 1110 g/mol. The van der Waals surface area contributed by atoms with E-state index in [0.717, 1.165) is 77.0 Å². The van der Waals surface area contributed by atoms with Crippen LogP contribution >= 0.6 is 0 Å². The summed E-state index contributed by atoms with van der Waals surface area (Å²) >= 11 is 0. The van der Waals surface area contributed by atoms with Crippen LogP contribution in [0.15, 0.2) is 85.1 Å². The summed E-state index contributed by atoms with van der Waals surface area (Å²) in [7, 11) is 5.93. The third-order valence-corrected chi connectivity index (χ3v) is 14.1. The monoisotopic (exact) mass is 1110 g/mol. The normalized spacial score (nSPS) is 13.3. The van der Waals surface area contributed by atoms with E-state index in [1.165, 1.54) is 173 Å². The van der Waals surface area contributed by atoms with Gasteiger partial charge in [-0.05, 0) is 89.9 Å². The van der Waals surface area contributed by atoms with Crippen molar-refractivity contribution in [1.82, 2.24) is 0 Å². The Morgan fingerprint density at radius 3 is 1.08 bits per heavy atom. The van der Waals surface area contributed by atoms with E-state index in [9.17, 15) is 19.5 Å². The summed E-state index contributed by atoms with van der Waals surface area (Å²) < 4.78 is 22.8. The van der Waals surface area contributed by atoms with Crippen LogP contribution in [0.4, 0.5) is 0 Å². The van der Waals surface area contributed by atoms with Gasteiger partial charge >= 0.3 is 11.9 Å². The van der Waals surface area contributed by atoms with Crippen LogP contribution in [0.2, 0.25) is 0 Å². The Morgan fingerprint density at radius 1 is 0.392 bits per heavy atom. The lowest BCUT2D eigenvalue weighted by atomic mass is 10.0. The molecule has 0 aliphatic carbocycles. The number of carboxylic acid groups (broad SMARTS) is 1. The van der Waals surface area contributed by atoms with Crippen molar-refractivity contribution < 1.29 is 42.9 Å². The number of carbonyl (C=O) groups is 3. The molecule has 0 fully saturated rings. The fourth-order valence-corrected chi connectivity index (χ4v) is 9.12. The lowest BCUT2D eigenvalue weighted by Crippen LogP contribution is -2.44. The van der Waals surface area contributed by atoms with Gasteiger partial charge in [-0.25, -0.2) is 0 Å². The summed E-state index contributed by atoms with van der Waals surface area (Å²) in [6, 6.07) is 0. The lowest BCUT2D eigenvalue weighted by Gasteiger charge is -2.26. The number of carboxylic acids is 1. The van der Waals surface area contributed by atoms with Crippen LogP contribution in [0, 0.1) is 0 Å². The highest BCUT2D eigenvalue weighted by Crippen LogP contribution is 2.17. The summed E-state index contributed by atoms with van der Waals surface area (Å²) in [5.74, 6) is -2.28. The first kappa shape index (κ1) is 75.5. The average Bonchev–Trinajstić information content (AvgIpc) is 3.42. The second kappa shape index (κ2) is 60.6. The maximum atomic E-state index is 12.9. The Kier molecular flexibility index (Phi) is 57.9. The fraction of sp³-hybridized carbons (Fsp3) is 0.757. The number of ether oxygens (including phenoxy) is 4. The van der Waals surface area contributed by atoms with Crippen molar-refractivity contribution in [2.24, 2.45) is 0 Å². The second-order valence-corrected chi connectivity index (χ2v) is 23.0. The SMILES string of the molecule is CC/C=C\C/C=C\C/C=C\C/C=C\CCCCCCCCCCCCCCCCCCC(=O)OC(COC(=O)CCCCCCCCCCCC/C=C\C/C=C\C/C=C\CCCCCCC)COC(OCC[N+](C)(C)C)C(=O)[O-]. The highest BCUT2D eigenvalue weighted by atomic mass is 16.7. The van der Waals surface area contributed by atoms with Crippen LogP contribution < -0.4 is 5.11 Å². The number of carbonyl (C=O) groups excluding carboxylic acids is 3. The Labute approximate surface area is 487 Å². The van der Waals surface area contributed by atoms with Gasteiger partial charge in [0.1, 0.15) is 13.2 Å². The maximum absolute atomic E-state index is 12.9. The highest BCUT2D eigenvalue weighted by Gasteiger charge is 2.22. The molecule has 0 spiro atoms. The minimum absolute atomic E-state index is 0.145. The van der Waals surface area contributed by atoms with E-state index in [1.54, 1.807) is 0 Å². The molecule has 0 radical (unpaired) electrons. The molecule has 9 nitrogen and oxygen atoms in total. The largest absolute Gasteiger partial charge is 0.545 e. The predicted octanol–water partition coefficient (Wildman–Crippen LogP) is 18.6. The van der Waals surface area contributed by atoms with Crippen molar-refractivity contribution in [1.29, 1.82) is 0 Å². The standard InChI is InChI=1S/C70H123NO8/c1-6-8-10-12-14-16-18-20-22-24-26-28-30-32-33-34-35-37-39-41-43-45-47-49-51-53-55-57-59-61-68(73)79-66(65-78-70(69(74)75)76-63-62-71(3,4)5)64-77-67(72)60-58-56-54-52-50-48-46-44-42-40-38-36-31-29-27-25-23-21-19-17-15-13-11-9-7-2/h8,10,14,16,19-22,25-28,31,36,66,70H,6-7,9,11-13,15,17-18,23-24,29-30,32-35,37-65H2,1-5H3/b10-8-,16-14-,21-19-,22-20-,27-25-,28-26-,36-31-. The Balaban J connectivity index is 4.16. The molecule has 79 heavy (non-hydrogen) atoms. The number of quaternary nitrogens is 1. The zero-order valence-corrected chi connectivity index (χ0v) is 52.0. The first-order valence-electron chi connectivity index (χ1n) is 32.7. The number of hydrogen-bond acceptors (Lipinski definition) is 8. The van der Waals surface area contributed by atoms with Crippen molar-refractivity contribution in [3.05, 3.63) is 85.1 Å². The minimum atomic E-state index is -1.63. The molecule has 0 aliphatic heterocycles. The molecule has 0 rings (SSSR count). The number of nitrogens with zero attached hydrogens (tertiary/aromatic N) is 1. The van der Waals surface area contributed by atoms with E-state index in [4.69, 9.17) is 18.9 Å². The first-order chi connectivity index (χ1) is 38.6. The third kappa shape index (κ3) is 61.9. The summed E-state index contributed by atoms with van der Waals surface area (Å²) in [5, 5.41) is 11.8. The molecule has 0 amide bonds. The quantitative estimate of drug-likeness (QED) is 0.0195. The Morgan fingerprint density at radius 2 is 0.722 bits per heavy atom. The molecule has 0 aliphatic rings. The van der Waals surface area contributed by atoms with Gasteiger partial charge in [-0.3, -0.25) is 9.59 Å². The number of likely N-dealkylation sites (N-methyl/N-ethyl adjacent to an activating group) is 1. The summed E-state index contributed by atoms with van der Waals surface area (Å²) in [6.45, 7) is 4.65. The minimum Gasteiger partial charge on any atom is -0.545 e. The molecule has 0 bridgehead atoms. The van der Waals surface area contributed by atoms with E-state index in [2.05, 4.69) is 98.9 Å². The third-order valence-electron chi connectivity index (χ3n) is 14.1. The molecular weight excluding hydrogens is 983 g/mol. The molecule has 0 aromatic rings. The number of aliphatic carboxylic acids is 1. The molecule has 0 saturated carbocycles. The molecule has 456 valence electrons. The molecule has 2 unspecified atom stereocenters. The number of allylic oxidation sites excluding steroid dienone is 14. The predicted molar refractivity (Wildman–Crippen MR) is 334 cm³/mol. The molecule has 2 atom stereocenters. The van der Waals surface area contributed by atoms with Gasteiger partial charge in [0.25, 0.3) is 0 Å². The van der Waals surface area contributed by atoms with Crippen molar-refractivity contribution in [3.63, 3.8) is 0 Å². The molecule has 0 aromatic heterocycles. The van der Waals surface area contributed by atoms with Crippen LogP contribution in [0.25, 0.3) is 0 Å². The molecule has 0 N–H and O–H groups in total. The molecule has 9 heteroatoms. The zero-order valence-electron chi connectivity index (χ0n) is 52.0. The van der Waals surface area contributed by atoms with Crippen LogP contribution in [0.1, 0.15) is 284 Å². The van der Waals surface area contributed by atoms with Crippen LogP contribution in [0.3, 0.4) is 0 Å². The zero-order chi connectivity index (χ0) is 57.6. The maximum Gasteiger partial charge on any atom is 0.306 e. The van der Waals surface area contributed by atoms with Crippen LogP contribution in [-0.2, 0) is 33.3 Å². The van der Waals surface area contributed by atoms with Crippen molar-refractivity contribution in [2.45, 2.75) is 296 Å². The lowest BCUT2D eigenvalue weighted by molar-refractivity contribution is -0.870. The van der Waals surface area contributed by atoms with E-state index in [1.807, 2.05) is 21.1 Å². The van der Waals surface area contributed by atoms with Crippen molar-refractivity contribution in [2.75, 3.05) is 47.5 Å². The van der Waals surface area contributed by atoms with Gasteiger partial charge in [-0.2, -0.15) is 0 Å². The Bertz CT molecular complexity index is 1570.